The van der Waals surface area contributed by atoms with E-state index in [0.29, 0.717) is 12.5 Å². The number of methoxy groups -OCH3 is 2. The van der Waals surface area contributed by atoms with Gasteiger partial charge in [-0.15, -0.1) is 5.01 Å². The molecule has 150 valence electrons. The lowest BCUT2D eigenvalue weighted by molar-refractivity contribution is -0.352. The molecule has 3 rings (SSSR count). The number of aliphatic imine (C=N–C) groups is 2. The van der Waals surface area contributed by atoms with Crippen LogP contribution in [-0.2, 0) is 20.8 Å². The minimum atomic E-state index is -0.778. The van der Waals surface area contributed by atoms with E-state index >= 15 is 0 Å². The van der Waals surface area contributed by atoms with Crippen LogP contribution in [-0.4, -0.2) is 53.5 Å². The van der Waals surface area contributed by atoms with Crippen molar-refractivity contribution in [3.8, 4) is 0 Å². The third-order valence-electron chi connectivity index (χ3n) is 4.14. The van der Waals surface area contributed by atoms with Crippen molar-refractivity contribution >= 4 is 29.3 Å². The van der Waals surface area contributed by atoms with Gasteiger partial charge >= 0.3 is 17.9 Å². The van der Waals surface area contributed by atoms with Crippen LogP contribution in [0.2, 0.25) is 0 Å². The van der Waals surface area contributed by atoms with Crippen molar-refractivity contribution in [2.45, 2.75) is 20.4 Å². The van der Waals surface area contributed by atoms with E-state index in [0.717, 1.165) is 23.0 Å². The Bertz CT molecular complexity index is 1000. The summed E-state index contributed by atoms with van der Waals surface area (Å²) in [6.07, 6.45) is 2.89. The molecule has 0 radical (unpaired) electrons. The Morgan fingerprint density at radius 1 is 1.24 bits per heavy atom. The van der Waals surface area contributed by atoms with Crippen LogP contribution in [0.1, 0.15) is 19.4 Å². The summed E-state index contributed by atoms with van der Waals surface area (Å²) in [7, 11) is 2.42. The van der Waals surface area contributed by atoms with Gasteiger partial charge in [0.1, 0.15) is 5.70 Å². The van der Waals surface area contributed by atoms with Crippen LogP contribution in [0.3, 0.4) is 0 Å². The molecule has 0 N–H and O–H groups in total. The fourth-order valence-electron chi connectivity index (χ4n) is 2.87. The second-order valence-corrected chi connectivity index (χ2v) is 6.26. The fourth-order valence-corrected chi connectivity index (χ4v) is 2.87. The normalized spacial score (nSPS) is 16.6. The Balaban J connectivity index is 2.08. The van der Waals surface area contributed by atoms with Gasteiger partial charge in [0.15, 0.2) is 11.4 Å². The van der Waals surface area contributed by atoms with Gasteiger partial charge < -0.3 is 14.6 Å². The number of esters is 1. The quantitative estimate of drug-likeness (QED) is 0.308. The van der Waals surface area contributed by atoms with Crippen molar-refractivity contribution in [2.24, 2.45) is 9.98 Å². The van der Waals surface area contributed by atoms with Crippen LogP contribution in [0.25, 0.3) is 0 Å². The topological polar surface area (TPSA) is 104 Å². The van der Waals surface area contributed by atoms with Gasteiger partial charge in [0.25, 0.3) is 0 Å². The van der Waals surface area contributed by atoms with Crippen molar-refractivity contribution in [3.63, 3.8) is 0 Å². The molecule has 0 spiro atoms. The summed E-state index contributed by atoms with van der Waals surface area (Å²) in [4.78, 5) is 20.9. The highest BCUT2D eigenvalue weighted by Crippen LogP contribution is 2.22. The predicted octanol–water partition coefficient (Wildman–Crippen LogP) is 0.339. The van der Waals surface area contributed by atoms with E-state index in [9.17, 15) is 9.90 Å². The summed E-state index contributed by atoms with van der Waals surface area (Å²) in [6, 6.07) is 9.74. The predicted molar refractivity (Wildman–Crippen MR) is 107 cm³/mol. The average Bonchev–Trinajstić information content (AvgIpc) is 3.04. The summed E-state index contributed by atoms with van der Waals surface area (Å²) in [5, 5.41) is 15.3. The van der Waals surface area contributed by atoms with E-state index in [1.165, 1.54) is 14.2 Å². The van der Waals surface area contributed by atoms with Gasteiger partial charge in [-0.1, -0.05) is 30.3 Å². The first-order valence-electron chi connectivity index (χ1n) is 8.83. The van der Waals surface area contributed by atoms with Crippen LogP contribution in [0, 0.1) is 0 Å². The third kappa shape index (κ3) is 4.36. The number of carbonyl (C=O) groups is 1. The molecule has 0 aliphatic carbocycles. The highest BCUT2D eigenvalue weighted by atomic mass is 16.6. The maximum Gasteiger partial charge on any atom is 0.513 e. The zero-order valence-corrected chi connectivity index (χ0v) is 16.6. The summed E-state index contributed by atoms with van der Waals surface area (Å²) < 4.78 is 13.8. The van der Waals surface area contributed by atoms with Crippen molar-refractivity contribution in [2.75, 3.05) is 14.2 Å². The van der Waals surface area contributed by atoms with Crippen LogP contribution in [0.15, 0.2) is 64.1 Å². The highest BCUT2D eigenvalue weighted by molar-refractivity contribution is 6.43. The first-order valence-corrected chi connectivity index (χ1v) is 8.83. The molecule has 2 aliphatic rings. The van der Waals surface area contributed by atoms with Gasteiger partial charge in [-0.05, 0) is 30.7 Å². The van der Waals surface area contributed by atoms with Crippen LogP contribution >= 0.6 is 0 Å². The fraction of sp³-hybridized carbons (Fsp3) is 0.250. The zero-order valence-electron chi connectivity index (χ0n) is 16.6. The monoisotopic (exact) mass is 395 g/mol. The molecule has 0 saturated carbocycles. The number of ether oxygens (including phenoxy) is 2. The Labute approximate surface area is 168 Å². The Morgan fingerprint density at radius 2 is 1.97 bits per heavy atom. The molecule has 9 nitrogen and oxygen atoms in total. The van der Waals surface area contributed by atoms with Gasteiger partial charge in [-0.25, -0.2) is 9.46 Å². The molecular formula is C20H21N5O4. The van der Waals surface area contributed by atoms with E-state index in [1.807, 2.05) is 55.3 Å². The maximum absolute atomic E-state index is 12.1. The molecule has 9 heteroatoms. The second kappa shape index (κ2) is 8.45. The lowest BCUT2D eigenvalue weighted by Gasteiger charge is -2.24. The van der Waals surface area contributed by atoms with Gasteiger partial charge in [0.2, 0.25) is 0 Å². The Morgan fingerprint density at radius 3 is 2.62 bits per heavy atom. The van der Waals surface area contributed by atoms with Crippen molar-refractivity contribution < 1.29 is 19.4 Å². The molecule has 0 amide bonds. The number of guanidine groups is 2. The number of nitrogens with zero attached hydrogens (tertiary/aromatic N) is 5. The molecule has 29 heavy (non-hydrogen) atoms. The standard InChI is InChI=1S/C20H21N5O4/c1-13-10-14(2)25-20(21-13)23-19(24(25)12-15-8-6-5-7-9-15)22-16(18(27)29-4)11-17(26)28-3/h5-11H,12H2,1-4H3. The minimum Gasteiger partial charge on any atom is -0.616 e. The number of rotatable bonds is 5. The van der Waals surface area contributed by atoms with Crippen LogP contribution < -0.4 is 9.77 Å². The summed E-state index contributed by atoms with van der Waals surface area (Å²) in [6.45, 7) is 4.23. The molecule has 0 saturated heterocycles. The van der Waals surface area contributed by atoms with Gasteiger partial charge in [0.05, 0.1) is 19.6 Å². The van der Waals surface area contributed by atoms with E-state index in [2.05, 4.69) is 19.4 Å². The van der Waals surface area contributed by atoms with E-state index in [-0.39, 0.29) is 11.7 Å². The molecular weight excluding hydrogens is 374 g/mol. The molecule has 2 heterocycles. The van der Waals surface area contributed by atoms with Gasteiger partial charge in [0, 0.05) is 13.0 Å². The largest absolute Gasteiger partial charge is 0.616 e. The Hall–Kier alpha value is -3.84. The molecule has 0 aromatic heterocycles. The number of benzene rings is 1. The zero-order chi connectivity index (χ0) is 21.0. The minimum absolute atomic E-state index is 0.204. The summed E-state index contributed by atoms with van der Waals surface area (Å²) in [5.74, 6) is -0.868. The number of allylic oxidation sites excluding steroid dienone is 2. The number of hydrogen-bond acceptors (Lipinski definition) is 8. The molecule has 2 aliphatic heterocycles. The molecule has 0 fully saturated rings. The van der Waals surface area contributed by atoms with E-state index in [1.54, 1.807) is 5.01 Å². The molecule has 0 unspecified atom stereocenters. The van der Waals surface area contributed by atoms with Gasteiger partial charge in [-0.2, -0.15) is 10.0 Å². The van der Waals surface area contributed by atoms with Gasteiger partial charge in [-0.3, -0.25) is 0 Å². The molecule has 0 bridgehead atoms. The van der Waals surface area contributed by atoms with Crippen molar-refractivity contribution in [1.29, 1.82) is 0 Å². The third-order valence-corrected chi connectivity index (χ3v) is 4.14. The van der Waals surface area contributed by atoms with E-state index < -0.39 is 11.9 Å². The number of carbonyl (C=O) groups excluding carboxylic acids is 1. The average molecular weight is 395 g/mol. The Kier molecular flexibility index (Phi) is 5.80. The lowest BCUT2D eigenvalue weighted by Crippen LogP contribution is -2.43. The summed E-state index contributed by atoms with van der Waals surface area (Å²) in [5.41, 5.74) is 2.48. The molecule has 0 atom stereocenters. The van der Waals surface area contributed by atoms with Crippen molar-refractivity contribution in [3.05, 3.63) is 59.7 Å². The van der Waals surface area contributed by atoms with Crippen LogP contribution in [0.4, 0.5) is 0 Å². The first kappa shape index (κ1) is 19.9. The summed E-state index contributed by atoms with van der Waals surface area (Å²) >= 11 is 0. The number of hydrogen-bond donors (Lipinski definition) is 0. The smallest absolute Gasteiger partial charge is 0.513 e. The number of hydrazine groups is 1. The van der Waals surface area contributed by atoms with Crippen LogP contribution in [0.5, 0.6) is 0 Å². The molecule has 1 aromatic carbocycles. The lowest BCUT2D eigenvalue weighted by atomic mass is 10.2. The van der Waals surface area contributed by atoms with Crippen molar-refractivity contribution in [1.82, 2.24) is 14.7 Å². The van der Waals surface area contributed by atoms with E-state index in [4.69, 9.17) is 4.74 Å². The highest BCUT2D eigenvalue weighted by Gasteiger charge is 2.43. The maximum atomic E-state index is 12.1. The number of fused-ring (bicyclic) bond motifs is 1. The second-order valence-electron chi connectivity index (χ2n) is 6.26. The molecule has 1 aromatic rings. The first-order chi connectivity index (χ1) is 13.9. The SMILES string of the molecule is COC(=O)C(/C=C(\[O-])OC)=N/C1=NC2=[N+]=C(C)C=C(C)N2N1Cc1ccccc1.